The third-order valence-electron chi connectivity index (χ3n) is 3.07. The zero-order valence-corrected chi connectivity index (χ0v) is 11.9. The van der Waals surface area contributed by atoms with Gasteiger partial charge in [0.2, 0.25) is 5.95 Å². The van der Waals surface area contributed by atoms with Gasteiger partial charge in [0, 0.05) is 13.1 Å². The quantitative estimate of drug-likeness (QED) is 0.922. The van der Waals surface area contributed by atoms with Crippen LogP contribution in [0, 0.1) is 11.2 Å². The van der Waals surface area contributed by atoms with Crippen molar-refractivity contribution >= 4 is 17.0 Å². The van der Waals surface area contributed by atoms with Crippen molar-refractivity contribution in [1.29, 1.82) is 0 Å². The highest BCUT2D eigenvalue weighted by Crippen LogP contribution is 2.25. The minimum absolute atomic E-state index is 0.0254. The molecule has 0 aliphatic heterocycles. The summed E-state index contributed by atoms with van der Waals surface area (Å²) in [5.74, 6) is 0.173. The fourth-order valence-corrected chi connectivity index (χ4v) is 2.61. The maximum absolute atomic E-state index is 13.4. The Labute approximate surface area is 113 Å². The van der Waals surface area contributed by atoms with Crippen molar-refractivity contribution in [2.75, 3.05) is 26.4 Å². The summed E-state index contributed by atoms with van der Waals surface area (Å²) >= 11 is 0. The second-order valence-corrected chi connectivity index (χ2v) is 6.09. The molecule has 0 atom stereocenters. The highest BCUT2D eigenvalue weighted by Gasteiger charge is 2.22. The second-order valence-electron chi connectivity index (χ2n) is 6.09. The van der Waals surface area contributed by atoms with Crippen LogP contribution in [0.15, 0.2) is 18.2 Å². The molecule has 2 aromatic rings. The van der Waals surface area contributed by atoms with Crippen LogP contribution in [0.1, 0.15) is 13.8 Å². The van der Waals surface area contributed by atoms with Gasteiger partial charge in [0.1, 0.15) is 5.82 Å². The molecular formula is C14H21FN4. The van der Waals surface area contributed by atoms with Crippen LogP contribution < -0.4 is 5.73 Å². The number of nitrogen functional groups attached to an aromatic ring is 1. The van der Waals surface area contributed by atoms with Gasteiger partial charge in [-0.25, -0.2) is 9.37 Å². The average Bonchev–Trinajstić information content (AvgIpc) is 2.53. The molecule has 0 unspecified atom stereocenters. The van der Waals surface area contributed by atoms with Gasteiger partial charge in [0.05, 0.1) is 11.0 Å². The number of nitrogens with two attached hydrogens (primary N) is 1. The number of nitrogens with zero attached hydrogens (tertiary/aromatic N) is 3. The maximum atomic E-state index is 13.4. The molecule has 0 amide bonds. The van der Waals surface area contributed by atoms with E-state index in [9.17, 15) is 4.39 Å². The Balaban J connectivity index is 2.39. The lowest BCUT2D eigenvalue weighted by atomic mass is 9.93. The molecule has 5 heteroatoms. The Kier molecular flexibility index (Phi) is 3.49. The summed E-state index contributed by atoms with van der Waals surface area (Å²) in [7, 11) is 4.08. The van der Waals surface area contributed by atoms with Gasteiger partial charge in [0.15, 0.2) is 0 Å². The summed E-state index contributed by atoms with van der Waals surface area (Å²) in [6.07, 6.45) is 0. The summed E-state index contributed by atoms with van der Waals surface area (Å²) in [6.45, 7) is 5.95. The van der Waals surface area contributed by atoms with E-state index in [0.29, 0.717) is 12.5 Å². The van der Waals surface area contributed by atoms with Crippen LogP contribution in [0.3, 0.4) is 0 Å². The summed E-state index contributed by atoms with van der Waals surface area (Å²) in [5, 5.41) is 0. The fraction of sp³-hybridized carbons (Fsp3) is 0.500. The number of hydrogen-bond acceptors (Lipinski definition) is 3. The minimum Gasteiger partial charge on any atom is -0.369 e. The molecule has 0 aliphatic rings. The Bertz CT molecular complexity index is 586. The average molecular weight is 264 g/mol. The Morgan fingerprint density at radius 2 is 2.05 bits per heavy atom. The molecule has 1 aromatic heterocycles. The molecule has 104 valence electrons. The van der Waals surface area contributed by atoms with Gasteiger partial charge in [0.25, 0.3) is 0 Å². The van der Waals surface area contributed by atoms with Gasteiger partial charge in [-0.3, -0.25) is 0 Å². The monoisotopic (exact) mass is 264 g/mol. The van der Waals surface area contributed by atoms with Crippen LogP contribution in [0.5, 0.6) is 0 Å². The predicted molar refractivity (Wildman–Crippen MR) is 76.4 cm³/mol. The molecule has 0 bridgehead atoms. The minimum atomic E-state index is -0.265. The smallest absolute Gasteiger partial charge is 0.201 e. The van der Waals surface area contributed by atoms with Crippen LogP contribution in [0.2, 0.25) is 0 Å². The van der Waals surface area contributed by atoms with E-state index in [1.807, 2.05) is 18.7 Å². The molecule has 19 heavy (non-hydrogen) atoms. The largest absolute Gasteiger partial charge is 0.369 e. The van der Waals surface area contributed by atoms with E-state index in [0.717, 1.165) is 17.6 Å². The number of rotatable bonds is 4. The van der Waals surface area contributed by atoms with E-state index in [-0.39, 0.29) is 11.2 Å². The molecule has 0 aliphatic carbocycles. The molecule has 1 aromatic carbocycles. The second kappa shape index (κ2) is 4.81. The molecule has 0 radical (unpaired) electrons. The molecule has 0 saturated carbocycles. The molecule has 2 N–H and O–H groups in total. The lowest BCUT2D eigenvalue weighted by Crippen LogP contribution is -2.32. The van der Waals surface area contributed by atoms with Crippen LogP contribution in [0.4, 0.5) is 10.3 Å². The highest BCUT2D eigenvalue weighted by atomic mass is 19.1. The number of fused-ring (bicyclic) bond motifs is 1. The summed E-state index contributed by atoms with van der Waals surface area (Å²) in [5.41, 5.74) is 7.47. The molecule has 4 nitrogen and oxygen atoms in total. The number of benzene rings is 1. The van der Waals surface area contributed by atoms with Crippen LogP contribution >= 0.6 is 0 Å². The lowest BCUT2D eigenvalue weighted by Gasteiger charge is -2.29. The first kappa shape index (κ1) is 13.8. The normalized spacial score (nSPS) is 12.5. The molecular weight excluding hydrogens is 243 g/mol. The van der Waals surface area contributed by atoms with Crippen molar-refractivity contribution < 1.29 is 4.39 Å². The molecule has 0 spiro atoms. The van der Waals surface area contributed by atoms with Crippen molar-refractivity contribution in [3.05, 3.63) is 24.0 Å². The van der Waals surface area contributed by atoms with E-state index in [4.69, 9.17) is 5.73 Å². The Morgan fingerprint density at radius 3 is 2.68 bits per heavy atom. The summed E-state index contributed by atoms with van der Waals surface area (Å²) in [6, 6.07) is 4.56. The van der Waals surface area contributed by atoms with Crippen LogP contribution in [-0.2, 0) is 6.54 Å². The van der Waals surface area contributed by atoms with Crippen molar-refractivity contribution in [2.24, 2.45) is 5.41 Å². The summed E-state index contributed by atoms with van der Waals surface area (Å²) in [4.78, 5) is 6.41. The lowest BCUT2D eigenvalue weighted by molar-refractivity contribution is 0.214. The first-order valence-electron chi connectivity index (χ1n) is 6.34. The van der Waals surface area contributed by atoms with Crippen molar-refractivity contribution in [2.45, 2.75) is 20.4 Å². The number of imidazole rings is 1. The van der Waals surface area contributed by atoms with Gasteiger partial charge in [-0.1, -0.05) is 13.8 Å². The van der Waals surface area contributed by atoms with Gasteiger partial charge in [-0.15, -0.1) is 0 Å². The topological polar surface area (TPSA) is 47.1 Å². The van der Waals surface area contributed by atoms with E-state index < -0.39 is 0 Å². The van der Waals surface area contributed by atoms with Crippen molar-refractivity contribution in [1.82, 2.24) is 14.5 Å². The number of hydrogen-bond donors (Lipinski definition) is 1. The van der Waals surface area contributed by atoms with E-state index >= 15 is 0 Å². The summed E-state index contributed by atoms with van der Waals surface area (Å²) < 4.78 is 15.3. The third kappa shape index (κ3) is 3.04. The first-order chi connectivity index (χ1) is 8.78. The van der Waals surface area contributed by atoms with Gasteiger partial charge in [-0.2, -0.15) is 0 Å². The van der Waals surface area contributed by atoms with Gasteiger partial charge < -0.3 is 15.2 Å². The molecule has 2 rings (SSSR count). The standard InChI is InChI=1S/C14H21FN4/c1-14(2,8-18(3)4)9-19-12-7-10(15)5-6-11(12)17-13(19)16/h5-7H,8-9H2,1-4H3,(H2,16,17). The van der Waals surface area contributed by atoms with Crippen molar-refractivity contribution in [3.8, 4) is 0 Å². The SMILES string of the molecule is CN(C)CC(C)(C)Cn1c(N)nc2ccc(F)cc21. The van der Waals surface area contributed by atoms with Crippen molar-refractivity contribution in [3.63, 3.8) is 0 Å². The van der Waals surface area contributed by atoms with E-state index in [1.165, 1.54) is 12.1 Å². The first-order valence-corrected chi connectivity index (χ1v) is 6.34. The van der Waals surface area contributed by atoms with E-state index in [2.05, 4.69) is 23.7 Å². The predicted octanol–water partition coefficient (Wildman–Crippen LogP) is 2.35. The van der Waals surface area contributed by atoms with Gasteiger partial charge in [-0.05, 0) is 37.7 Å². The molecule has 0 saturated heterocycles. The highest BCUT2D eigenvalue weighted by molar-refractivity contribution is 5.78. The zero-order chi connectivity index (χ0) is 14.2. The third-order valence-corrected chi connectivity index (χ3v) is 3.07. The van der Waals surface area contributed by atoms with E-state index in [1.54, 1.807) is 6.07 Å². The maximum Gasteiger partial charge on any atom is 0.201 e. The Morgan fingerprint density at radius 1 is 1.37 bits per heavy atom. The number of halogens is 1. The van der Waals surface area contributed by atoms with Gasteiger partial charge >= 0.3 is 0 Å². The Hall–Kier alpha value is -1.62. The molecule has 0 fully saturated rings. The van der Waals surface area contributed by atoms with Crippen LogP contribution in [-0.4, -0.2) is 35.1 Å². The number of aromatic nitrogens is 2. The zero-order valence-electron chi connectivity index (χ0n) is 11.9. The molecule has 1 heterocycles. The number of anilines is 1. The fourth-order valence-electron chi connectivity index (χ4n) is 2.61. The van der Waals surface area contributed by atoms with Crippen LogP contribution in [0.25, 0.3) is 11.0 Å².